The molecule has 0 aliphatic carbocycles. The Labute approximate surface area is 204 Å². The summed E-state index contributed by atoms with van der Waals surface area (Å²) >= 11 is 0. The molecule has 1 aromatic heterocycles. The maximum Gasteiger partial charge on any atom is 0.535 e. The smallest absolute Gasteiger partial charge is 0.432 e. The van der Waals surface area contributed by atoms with E-state index in [4.69, 9.17) is 32.5 Å². The highest BCUT2D eigenvalue weighted by atomic mass is 31.2. The Balaban J connectivity index is 2.19. The SMILES string of the molecule is CC(C)OC(=O)OCOP(=O)(OCOC(O)OC(C)C)Oc1cccc2[nH]cc(CCN(C)C)c12. The molecule has 0 amide bonds. The Morgan fingerprint density at radius 2 is 1.83 bits per heavy atom. The average molecular weight is 519 g/mol. The van der Waals surface area contributed by atoms with E-state index in [1.165, 1.54) is 0 Å². The summed E-state index contributed by atoms with van der Waals surface area (Å²) in [5.41, 5.74) is 1.70. The summed E-state index contributed by atoms with van der Waals surface area (Å²) < 4.78 is 49.1. The summed E-state index contributed by atoms with van der Waals surface area (Å²) in [6.45, 7) is 4.38. The van der Waals surface area contributed by atoms with Crippen LogP contribution in [0, 0.1) is 0 Å². The molecule has 2 rings (SSSR count). The number of aromatic amines is 1. The molecule has 0 saturated heterocycles. The Kier molecular flexibility index (Phi) is 11.4. The number of nitrogens with zero attached hydrogens (tertiary/aromatic N) is 1. The van der Waals surface area contributed by atoms with Crippen molar-refractivity contribution in [2.45, 2.75) is 52.8 Å². The van der Waals surface area contributed by atoms with Gasteiger partial charge in [-0.05, 0) is 65.9 Å². The monoisotopic (exact) mass is 518 g/mol. The molecule has 0 aliphatic rings. The van der Waals surface area contributed by atoms with E-state index in [0.717, 1.165) is 17.6 Å². The van der Waals surface area contributed by atoms with Crippen LogP contribution in [0.3, 0.4) is 0 Å². The van der Waals surface area contributed by atoms with Crippen molar-refractivity contribution in [3.05, 3.63) is 30.0 Å². The highest BCUT2D eigenvalue weighted by molar-refractivity contribution is 7.48. The minimum absolute atomic E-state index is 0.226. The number of ether oxygens (including phenoxy) is 4. The van der Waals surface area contributed by atoms with E-state index in [2.05, 4.69) is 4.98 Å². The van der Waals surface area contributed by atoms with E-state index in [-0.39, 0.29) is 11.9 Å². The number of aliphatic hydroxyl groups excluding tert-OH is 1. The lowest BCUT2D eigenvalue weighted by Crippen LogP contribution is -2.22. The predicted molar refractivity (Wildman–Crippen MR) is 127 cm³/mol. The van der Waals surface area contributed by atoms with Gasteiger partial charge in [0.2, 0.25) is 6.79 Å². The summed E-state index contributed by atoms with van der Waals surface area (Å²) in [6, 6.07) is 5.17. The summed E-state index contributed by atoms with van der Waals surface area (Å²) in [7, 11) is -0.484. The standard InChI is InChI=1S/C22H35N2O10P/c1-15(2)32-21(25)28-13-30-35(27,31-14-29-22(26)33-16(3)4)34-19-9-7-8-18-20(19)17(12-23-18)10-11-24(5)6/h7-9,12,15-16,21,23,25H,10-11,13-14H2,1-6H3. The molecule has 35 heavy (non-hydrogen) atoms. The van der Waals surface area contributed by atoms with Crippen molar-refractivity contribution >= 4 is 24.9 Å². The third-order valence-corrected chi connectivity index (χ3v) is 5.58. The number of aromatic nitrogens is 1. The van der Waals surface area contributed by atoms with Crippen LogP contribution in [-0.2, 0) is 39.0 Å². The number of phosphoric ester groups is 1. The first kappa shape index (κ1) is 29.1. The first-order valence-electron chi connectivity index (χ1n) is 11.1. The number of benzene rings is 1. The van der Waals surface area contributed by atoms with Crippen LogP contribution in [0.25, 0.3) is 10.9 Å². The Morgan fingerprint density at radius 3 is 2.49 bits per heavy atom. The van der Waals surface area contributed by atoms with Crippen LogP contribution in [-0.4, -0.2) is 74.1 Å². The molecule has 2 N–H and O–H groups in total. The number of phosphoric acid groups is 1. The normalized spacial score (nSPS) is 14.5. The number of nitrogens with one attached hydrogen (secondary N) is 1. The van der Waals surface area contributed by atoms with Gasteiger partial charge in [0.15, 0.2) is 6.79 Å². The molecule has 2 aromatic rings. The molecule has 1 heterocycles. The van der Waals surface area contributed by atoms with Crippen molar-refractivity contribution in [3.63, 3.8) is 0 Å². The molecule has 13 heteroatoms. The largest absolute Gasteiger partial charge is 0.535 e. The molecule has 0 spiro atoms. The van der Waals surface area contributed by atoms with Gasteiger partial charge >= 0.3 is 14.0 Å². The second-order valence-electron chi connectivity index (χ2n) is 8.30. The summed E-state index contributed by atoms with van der Waals surface area (Å²) in [5, 5.41) is 10.4. The molecule has 0 radical (unpaired) electrons. The molecular formula is C22H35N2O10P. The Bertz CT molecular complexity index is 978. The van der Waals surface area contributed by atoms with Crippen LogP contribution in [0.5, 0.6) is 5.75 Å². The number of likely N-dealkylation sites (N-methyl/N-ethyl adjacent to an activating group) is 1. The minimum Gasteiger partial charge on any atom is -0.432 e. The second-order valence-corrected chi connectivity index (χ2v) is 9.89. The van der Waals surface area contributed by atoms with Crippen LogP contribution in [0.15, 0.2) is 24.4 Å². The fourth-order valence-electron chi connectivity index (χ4n) is 2.84. The molecule has 2 unspecified atom stereocenters. The van der Waals surface area contributed by atoms with Crippen LogP contribution in [0.4, 0.5) is 4.79 Å². The van der Waals surface area contributed by atoms with Gasteiger partial charge in [-0.1, -0.05) is 6.07 Å². The molecule has 0 bridgehead atoms. The molecule has 198 valence electrons. The first-order valence-corrected chi connectivity index (χ1v) is 12.6. The van der Waals surface area contributed by atoms with Crippen molar-refractivity contribution in [3.8, 4) is 5.75 Å². The van der Waals surface area contributed by atoms with E-state index in [1.54, 1.807) is 39.8 Å². The van der Waals surface area contributed by atoms with Crippen molar-refractivity contribution in [1.29, 1.82) is 0 Å². The fraction of sp³-hybridized carbons (Fsp3) is 0.591. The fourth-order valence-corrected chi connectivity index (χ4v) is 3.78. The van der Waals surface area contributed by atoms with Crippen LogP contribution >= 0.6 is 7.82 Å². The highest BCUT2D eigenvalue weighted by Crippen LogP contribution is 2.51. The predicted octanol–water partition coefficient (Wildman–Crippen LogP) is 3.99. The molecule has 12 nitrogen and oxygen atoms in total. The first-order chi connectivity index (χ1) is 16.5. The summed E-state index contributed by atoms with van der Waals surface area (Å²) in [4.78, 5) is 16.8. The lowest BCUT2D eigenvalue weighted by molar-refractivity contribution is -0.294. The number of hydrogen-bond acceptors (Lipinski definition) is 11. The zero-order chi connectivity index (χ0) is 26.0. The Hall–Kier alpha value is -2.18. The van der Waals surface area contributed by atoms with Crippen molar-refractivity contribution < 1.29 is 47.0 Å². The van der Waals surface area contributed by atoms with E-state index < -0.39 is 40.1 Å². The van der Waals surface area contributed by atoms with Crippen molar-refractivity contribution in [2.24, 2.45) is 0 Å². The van der Waals surface area contributed by atoms with Gasteiger partial charge < -0.3 is 38.5 Å². The van der Waals surface area contributed by atoms with Crippen molar-refractivity contribution in [1.82, 2.24) is 9.88 Å². The summed E-state index contributed by atoms with van der Waals surface area (Å²) in [5.74, 6) is 0.226. The minimum atomic E-state index is -4.41. The van der Waals surface area contributed by atoms with Crippen LogP contribution in [0.2, 0.25) is 0 Å². The third kappa shape index (κ3) is 10.1. The molecule has 2 atom stereocenters. The maximum atomic E-state index is 13.4. The number of aliphatic hydroxyl groups is 1. The molecule has 1 aromatic carbocycles. The number of H-pyrrole nitrogens is 1. The lowest BCUT2D eigenvalue weighted by atomic mass is 10.1. The average Bonchev–Trinajstić information content (AvgIpc) is 3.15. The maximum absolute atomic E-state index is 13.4. The van der Waals surface area contributed by atoms with Crippen LogP contribution in [0.1, 0.15) is 33.3 Å². The Morgan fingerprint density at radius 1 is 1.11 bits per heavy atom. The zero-order valence-corrected chi connectivity index (χ0v) is 21.8. The number of fused-ring (bicyclic) bond motifs is 1. The second kappa shape index (κ2) is 13.8. The van der Waals surface area contributed by atoms with E-state index in [0.29, 0.717) is 11.8 Å². The topological polar surface area (TPSA) is 138 Å². The van der Waals surface area contributed by atoms with Gasteiger partial charge in [0.1, 0.15) is 5.75 Å². The van der Waals surface area contributed by atoms with Crippen LogP contribution < -0.4 is 4.52 Å². The number of hydrogen-bond donors (Lipinski definition) is 2. The van der Waals surface area contributed by atoms with Gasteiger partial charge in [-0.2, -0.15) is 0 Å². The number of carbonyl (C=O) groups is 1. The van der Waals surface area contributed by atoms with Crippen molar-refractivity contribution in [2.75, 3.05) is 34.2 Å². The number of rotatable bonds is 15. The number of carbonyl (C=O) groups excluding carboxylic acids is 1. The van der Waals surface area contributed by atoms with E-state index >= 15 is 0 Å². The summed E-state index contributed by atoms with van der Waals surface area (Å²) in [6.07, 6.45) is 0.801. The van der Waals surface area contributed by atoms with E-state index in [1.807, 2.05) is 31.3 Å². The van der Waals surface area contributed by atoms with Gasteiger partial charge in [0.05, 0.1) is 12.2 Å². The molecule has 0 fully saturated rings. The quantitative estimate of drug-likeness (QED) is 0.201. The van der Waals surface area contributed by atoms with Gasteiger partial charge in [-0.3, -0.25) is 0 Å². The highest BCUT2D eigenvalue weighted by Gasteiger charge is 2.32. The molecule has 0 saturated carbocycles. The lowest BCUT2D eigenvalue weighted by Gasteiger charge is -2.21. The molecule has 0 aliphatic heterocycles. The van der Waals surface area contributed by atoms with Gasteiger partial charge in [-0.25, -0.2) is 18.4 Å². The van der Waals surface area contributed by atoms with E-state index in [9.17, 15) is 14.5 Å². The molecular weight excluding hydrogens is 483 g/mol. The van der Waals surface area contributed by atoms with Gasteiger partial charge in [-0.15, -0.1) is 0 Å². The zero-order valence-electron chi connectivity index (χ0n) is 20.9. The van der Waals surface area contributed by atoms with Gasteiger partial charge in [0, 0.05) is 23.6 Å². The van der Waals surface area contributed by atoms with Gasteiger partial charge in [0.25, 0.3) is 6.48 Å². The third-order valence-electron chi connectivity index (χ3n) is 4.32.